The third-order valence-electron chi connectivity index (χ3n) is 3.25. The van der Waals surface area contributed by atoms with Gasteiger partial charge >= 0.3 is 0 Å². The fraction of sp³-hybridized carbons (Fsp3) is 0.533. The summed E-state index contributed by atoms with van der Waals surface area (Å²) in [5.74, 6) is -0.317. The summed E-state index contributed by atoms with van der Waals surface area (Å²) in [4.78, 5) is 24.7. The number of rotatable bonds is 7. The number of nitro groups is 1. The Bertz CT molecular complexity index is 468. The van der Waals surface area contributed by atoms with Crippen molar-refractivity contribution >= 4 is 11.6 Å². The SMILES string of the molecule is CCCN(CCC)C(=O)C(C)c1cccc([N+](=O)[O-])c1. The fourth-order valence-corrected chi connectivity index (χ4v) is 2.20. The Morgan fingerprint density at radius 3 is 2.40 bits per heavy atom. The van der Waals surface area contributed by atoms with Gasteiger partial charge in [-0.05, 0) is 25.3 Å². The van der Waals surface area contributed by atoms with Gasteiger partial charge in [-0.1, -0.05) is 26.0 Å². The lowest BCUT2D eigenvalue weighted by Crippen LogP contribution is -2.35. The number of carbonyl (C=O) groups is 1. The number of benzene rings is 1. The zero-order valence-corrected chi connectivity index (χ0v) is 12.3. The van der Waals surface area contributed by atoms with Crippen molar-refractivity contribution in [2.45, 2.75) is 39.5 Å². The predicted octanol–water partition coefficient (Wildman–Crippen LogP) is 3.35. The summed E-state index contributed by atoms with van der Waals surface area (Å²) in [6.45, 7) is 7.33. The van der Waals surface area contributed by atoms with Crippen LogP contribution in [0.4, 0.5) is 5.69 Å². The molecule has 0 saturated heterocycles. The molecular weight excluding hydrogens is 256 g/mol. The maximum atomic E-state index is 12.5. The average molecular weight is 278 g/mol. The van der Waals surface area contributed by atoms with E-state index >= 15 is 0 Å². The molecule has 1 atom stereocenters. The molecule has 0 fully saturated rings. The molecule has 5 nitrogen and oxygen atoms in total. The van der Waals surface area contributed by atoms with Crippen LogP contribution >= 0.6 is 0 Å². The highest BCUT2D eigenvalue weighted by Crippen LogP contribution is 2.22. The van der Waals surface area contributed by atoms with Crippen LogP contribution in [0.2, 0.25) is 0 Å². The molecule has 110 valence electrons. The van der Waals surface area contributed by atoms with Crippen molar-refractivity contribution in [3.05, 3.63) is 39.9 Å². The van der Waals surface area contributed by atoms with Crippen LogP contribution in [0.1, 0.15) is 45.1 Å². The second-order valence-corrected chi connectivity index (χ2v) is 4.90. The van der Waals surface area contributed by atoms with Crippen LogP contribution in [-0.4, -0.2) is 28.8 Å². The molecule has 1 rings (SSSR count). The van der Waals surface area contributed by atoms with Crippen molar-refractivity contribution in [3.8, 4) is 0 Å². The minimum absolute atomic E-state index is 0.0275. The highest BCUT2D eigenvalue weighted by molar-refractivity contribution is 5.83. The molecule has 0 saturated carbocycles. The first kappa shape index (κ1) is 16.1. The minimum Gasteiger partial charge on any atom is -0.342 e. The van der Waals surface area contributed by atoms with Crippen LogP contribution in [0, 0.1) is 10.1 Å². The van der Waals surface area contributed by atoms with Gasteiger partial charge in [0.25, 0.3) is 5.69 Å². The summed E-state index contributed by atoms with van der Waals surface area (Å²) in [7, 11) is 0. The number of hydrogen-bond donors (Lipinski definition) is 0. The fourth-order valence-electron chi connectivity index (χ4n) is 2.20. The van der Waals surface area contributed by atoms with Crippen LogP contribution in [-0.2, 0) is 4.79 Å². The Morgan fingerprint density at radius 2 is 1.90 bits per heavy atom. The monoisotopic (exact) mass is 278 g/mol. The highest BCUT2D eigenvalue weighted by atomic mass is 16.6. The number of nitro benzene ring substituents is 1. The van der Waals surface area contributed by atoms with Gasteiger partial charge in [-0.15, -0.1) is 0 Å². The van der Waals surface area contributed by atoms with E-state index in [-0.39, 0.29) is 17.5 Å². The molecule has 1 aromatic rings. The molecule has 0 aliphatic heterocycles. The number of non-ortho nitro benzene ring substituents is 1. The molecule has 0 aromatic heterocycles. The van der Waals surface area contributed by atoms with E-state index in [1.165, 1.54) is 12.1 Å². The Balaban J connectivity index is 2.91. The highest BCUT2D eigenvalue weighted by Gasteiger charge is 2.22. The summed E-state index contributed by atoms with van der Waals surface area (Å²) in [6.07, 6.45) is 1.82. The van der Waals surface area contributed by atoms with E-state index in [0.29, 0.717) is 5.56 Å². The minimum atomic E-state index is -0.434. The van der Waals surface area contributed by atoms with Crippen molar-refractivity contribution in [3.63, 3.8) is 0 Å². The lowest BCUT2D eigenvalue weighted by molar-refractivity contribution is -0.384. The van der Waals surface area contributed by atoms with Crippen LogP contribution in [0.25, 0.3) is 0 Å². The first-order valence-corrected chi connectivity index (χ1v) is 7.04. The van der Waals surface area contributed by atoms with Gasteiger partial charge in [-0.25, -0.2) is 0 Å². The zero-order chi connectivity index (χ0) is 15.1. The molecule has 1 aromatic carbocycles. The van der Waals surface area contributed by atoms with Gasteiger partial charge in [0.1, 0.15) is 0 Å². The maximum Gasteiger partial charge on any atom is 0.269 e. The Labute approximate surface area is 119 Å². The smallest absolute Gasteiger partial charge is 0.269 e. The first-order chi connectivity index (χ1) is 9.51. The van der Waals surface area contributed by atoms with E-state index in [0.717, 1.165) is 25.9 Å². The van der Waals surface area contributed by atoms with Crippen molar-refractivity contribution in [2.24, 2.45) is 0 Å². The number of amides is 1. The van der Waals surface area contributed by atoms with Crippen molar-refractivity contribution in [1.82, 2.24) is 4.90 Å². The molecule has 0 heterocycles. The Morgan fingerprint density at radius 1 is 1.30 bits per heavy atom. The third-order valence-corrected chi connectivity index (χ3v) is 3.25. The lowest BCUT2D eigenvalue weighted by atomic mass is 9.99. The third kappa shape index (κ3) is 4.05. The molecule has 5 heteroatoms. The number of nitrogens with zero attached hydrogens (tertiary/aromatic N) is 2. The number of hydrogen-bond acceptors (Lipinski definition) is 3. The van der Waals surface area contributed by atoms with Gasteiger partial charge in [0.15, 0.2) is 0 Å². The van der Waals surface area contributed by atoms with E-state index in [1.54, 1.807) is 19.1 Å². The van der Waals surface area contributed by atoms with E-state index < -0.39 is 4.92 Å². The van der Waals surface area contributed by atoms with E-state index in [4.69, 9.17) is 0 Å². The van der Waals surface area contributed by atoms with Gasteiger partial charge in [0.2, 0.25) is 5.91 Å². The summed E-state index contributed by atoms with van der Waals surface area (Å²) in [6, 6.07) is 6.32. The molecule has 0 N–H and O–H groups in total. The molecular formula is C15H22N2O3. The van der Waals surface area contributed by atoms with Gasteiger partial charge in [-0.2, -0.15) is 0 Å². The molecule has 0 aliphatic rings. The van der Waals surface area contributed by atoms with Crippen LogP contribution in [0.3, 0.4) is 0 Å². The van der Waals surface area contributed by atoms with Crippen LogP contribution in [0.15, 0.2) is 24.3 Å². The second kappa shape index (κ2) is 7.62. The van der Waals surface area contributed by atoms with Gasteiger partial charge < -0.3 is 4.90 Å². The predicted molar refractivity (Wildman–Crippen MR) is 78.7 cm³/mol. The molecule has 0 radical (unpaired) electrons. The molecule has 0 aliphatic carbocycles. The van der Waals surface area contributed by atoms with Gasteiger partial charge in [0.05, 0.1) is 10.8 Å². The van der Waals surface area contributed by atoms with Crippen LogP contribution < -0.4 is 0 Å². The standard InChI is InChI=1S/C15H22N2O3/c1-4-9-16(10-5-2)15(18)12(3)13-7-6-8-14(11-13)17(19)20/h6-8,11-12H,4-5,9-10H2,1-3H3. The lowest BCUT2D eigenvalue weighted by Gasteiger charge is -2.25. The molecule has 1 unspecified atom stereocenters. The van der Waals surface area contributed by atoms with E-state index in [1.807, 2.05) is 18.7 Å². The molecule has 1 amide bonds. The van der Waals surface area contributed by atoms with Crippen molar-refractivity contribution in [2.75, 3.05) is 13.1 Å². The number of carbonyl (C=O) groups excluding carboxylic acids is 1. The Kier molecular flexibility index (Phi) is 6.15. The summed E-state index contributed by atoms with van der Waals surface area (Å²) in [5.41, 5.74) is 0.723. The van der Waals surface area contributed by atoms with E-state index in [9.17, 15) is 14.9 Å². The van der Waals surface area contributed by atoms with Crippen molar-refractivity contribution < 1.29 is 9.72 Å². The first-order valence-electron chi connectivity index (χ1n) is 7.04. The topological polar surface area (TPSA) is 63.5 Å². The van der Waals surface area contributed by atoms with Gasteiger partial charge in [0, 0.05) is 25.2 Å². The summed E-state index contributed by atoms with van der Waals surface area (Å²) < 4.78 is 0. The summed E-state index contributed by atoms with van der Waals surface area (Å²) in [5, 5.41) is 10.8. The average Bonchev–Trinajstić information content (AvgIpc) is 2.45. The largest absolute Gasteiger partial charge is 0.342 e. The van der Waals surface area contributed by atoms with E-state index in [2.05, 4.69) is 0 Å². The molecule has 0 bridgehead atoms. The Hall–Kier alpha value is -1.91. The second-order valence-electron chi connectivity index (χ2n) is 4.90. The zero-order valence-electron chi connectivity index (χ0n) is 12.3. The van der Waals surface area contributed by atoms with Crippen LogP contribution in [0.5, 0.6) is 0 Å². The quantitative estimate of drug-likeness (QED) is 0.567. The molecule has 20 heavy (non-hydrogen) atoms. The molecule has 0 spiro atoms. The van der Waals surface area contributed by atoms with Crippen molar-refractivity contribution in [1.29, 1.82) is 0 Å². The van der Waals surface area contributed by atoms with Gasteiger partial charge in [-0.3, -0.25) is 14.9 Å². The summed E-state index contributed by atoms with van der Waals surface area (Å²) >= 11 is 0. The normalized spacial score (nSPS) is 11.9. The maximum absolute atomic E-state index is 12.5.